The Morgan fingerprint density at radius 1 is 1.26 bits per heavy atom. The number of aromatic nitrogens is 2. The first kappa shape index (κ1) is 13.6. The Hall–Kier alpha value is -1.82. The first-order valence-electron chi connectivity index (χ1n) is 6.14. The molecule has 1 heterocycles. The summed E-state index contributed by atoms with van der Waals surface area (Å²) in [6.45, 7) is 4.60. The normalized spacial score (nSPS) is 11.5. The number of rotatable bonds is 5. The third-order valence-electron chi connectivity index (χ3n) is 2.72. The molecule has 0 spiro atoms. The quantitative estimate of drug-likeness (QED) is 0.914. The molecule has 102 valence electrons. The Bertz CT molecular complexity index is 648. The van der Waals surface area contributed by atoms with Crippen molar-refractivity contribution in [2.45, 2.75) is 31.8 Å². The van der Waals surface area contributed by atoms with Gasteiger partial charge in [-0.1, -0.05) is 25.1 Å². The molecule has 1 aromatic heterocycles. The minimum absolute atomic E-state index is 0.0577. The lowest BCUT2D eigenvalue weighted by molar-refractivity contribution is 0.597. The number of anilines is 1. The molecule has 0 aliphatic rings. The van der Waals surface area contributed by atoms with Gasteiger partial charge in [0.05, 0.1) is 0 Å². The predicted molar refractivity (Wildman–Crippen MR) is 74.5 cm³/mol. The molecule has 5 nitrogen and oxygen atoms in total. The number of para-hydroxylation sites is 1. The summed E-state index contributed by atoms with van der Waals surface area (Å²) in [5, 5.41) is 0.0577. The lowest BCUT2D eigenvalue weighted by atomic mass is 10.3. The Kier molecular flexibility index (Phi) is 3.90. The Morgan fingerprint density at radius 3 is 2.58 bits per heavy atom. The van der Waals surface area contributed by atoms with E-state index in [9.17, 15) is 8.42 Å². The molecule has 19 heavy (non-hydrogen) atoms. The first-order valence-corrected chi connectivity index (χ1v) is 7.63. The maximum absolute atomic E-state index is 12.2. The van der Waals surface area contributed by atoms with E-state index >= 15 is 0 Å². The Balaban J connectivity index is 2.27. The summed E-state index contributed by atoms with van der Waals surface area (Å²) in [7, 11) is -3.62. The van der Waals surface area contributed by atoms with Gasteiger partial charge in [-0.3, -0.25) is 4.72 Å². The highest BCUT2D eigenvalue weighted by atomic mass is 32.2. The van der Waals surface area contributed by atoms with Crippen LogP contribution < -0.4 is 4.72 Å². The van der Waals surface area contributed by atoms with Crippen LogP contribution in [0.25, 0.3) is 0 Å². The smallest absolute Gasteiger partial charge is 0.280 e. The van der Waals surface area contributed by atoms with Crippen molar-refractivity contribution >= 4 is 15.7 Å². The topological polar surface area (TPSA) is 64.0 Å². The van der Waals surface area contributed by atoms with Gasteiger partial charge in [-0.25, -0.2) is 4.98 Å². The second-order valence-electron chi connectivity index (χ2n) is 4.29. The molecule has 2 rings (SSSR count). The van der Waals surface area contributed by atoms with Gasteiger partial charge in [-0.15, -0.1) is 0 Å². The van der Waals surface area contributed by atoms with Gasteiger partial charge in [0.25, 0.3) is 10.0 Å². The van der Waals surface area contributed by atoms with E-state index < -0.39 is 10.0 Å². The minimum atomic E-state index is -3.62. The molecule has 0 bridgehead atoms. The maximum Gasteiger partial charge on any atom is 0.280 e. The second kappa shape index (κ2) is 5.44. The van der Waals surface area contributed by atoms with E-state index in [2.05, 4.69) is 9.71 Å². The lowest BCUT2D eigenvalue weighted by Gasteiger charge is -2.04. The van der Waals surface area contributed by atoms with Crippen molar-refractivity contribution < 1.29 is 8.42 Å². The lowest BCUT2D eigenvalue weighted by Crippen LogP contribution is -2.13. The van der Waals surface area contributed by atoms with Crippen LogP contribution in [0.5, 0.6) is 0 Å². The van der Waals surface area contributed by atoms with Crippen molar-refractivity contribution in [2.24, 2.45) is 0 Å². The number of sulfonamides is 1. The third-order valence-corrected chi connectivity index (χ3v) is 3.97. The average molecular weight is 279 g/mol. The molecule has 1 N–H and O–H groups in total. The highest BCUT2D eigenvalue weighted by Crippen LogP contribution is 2.15. The fraction of sp³-hybridized carbons (Fsp3) is 0.308. The van der Waals surface area contributed by atoms with Crippen molar-refractivity contribution in [1.82, 2.24) is 9.55 Å². The molecule has 0 unspecified atom stereocenters. The highest BCUT2D eigenvalue weighted by molar-refractivity contribution is 7.92. The first-order chi connectivity index (χ1) is 9.03. The monoisotopic (exact) mass is 279 g/mol. The van der Waals surface area contributed by atoms with Crippen LogP contribution in [0.15, 0.2) is 41.6 Å². The van der Waals surface area contributed by atoms with Gasteiger partial charge in [-0.05, 0) is 25.5 Å². The van der Waals surface area contributed by atoms with Gasteiger partial charge in [0.1, 0.15) is 5.82 Å². The van der Waals surface area contributed by atoms with Crippen molar-refractivity contribution in [3.8, 4) is 0 Å². The number of benzene rings is 1. The van der Waals surface area contributed by atoms with Gasteiger partial charge in [0.2, 0.25) is 0 Å². The minimum Gasteiger partial charge on any atom is -0.334 e. The van der Waals surface area contributed by atoms with Crippen LogP contribution in [-0.4, -0.2) is 18.0 Å². The second-order valence-corrected chi connectivity index (χ2v) is 5.92. The van der Waals surface area contributed by atoms with Crippen LogP contribution in [-0.2, 0) is 16.6 Å². The average Bonchev–Trinajstić information content (AvgIpc) is 2.73. The Morgan fingerprint density at radius 2 is 1.95 bits per heavy atom. The van der Waals surface area contributed by atoms with Gasteiger partial charge in [-0.2, -0.15) is 8.42 Å². The number of imidazole rings is 1. The fourth-order valence-corrected chi connectivity index (χ4v) is 2.86. The van der Waals surface area contributed by atoms with E-state index in [0.717, 1.165) is 13.0 Å². The molecule has 0 saturated carbocycles. The summed E-state index contributed by atoms with van der Waals surface area (Å²) in [6, 6.07) is 8.79. The number of nitrogens with zero attached hydrogens (tertiary/aromatic N) is 2. The summed E-state index contributed by atoms with van der Waals surface area (Å²) in [5.74, 6) is 0.704. The van der Waals surface area contributed by atoms with E-state index in [0.29, 0.717) is 11.5 Å². The summed E-state index contributed by atoms with van der Waals surface area (Å²) in [4.78, 5) is 4.11. The van der Waals surface area contributed by atoms with Crippen LogP contribution in [0.4, 0.5) is 5.69 Å². The molecule has 0 amide bonds. The molecular formula is C13H17N3O2S. The number of hydrogen-bond acceptors (Lipinski definition) is 3. The van der Waals surface area contributed by atoms with Crippen LogP contribution in [0.2, 0.25) is 0 Å². The van der Waals surface area contributed by atoms with Crippen LogP contribution in [0, 0.1) is 6.92 Å². The number of hydrogen-bond donors (Lipinski definition) is 1. The SMILES string of the molecule is CCCn1cc(S(=O)(=O)Nc2ccccc2)nc1C. The molecule has 0 fully saturated rings. The Labute approximate surface area is 113 Å². The molecule has 0 saturated heterocycles. The molecule has 0 radical (unpaired) electrons. The standard InChI is InChI=1S/C13H17N3O2S/c1-3-9-16-10-13(14-11(16)2)19(17,18)15-12-7-5-4-6-8-12/h4-8,10,15H,3,9H2,1-2H3. The number of nitrogens with one attached hydrogen (secondary N) is 1. The number of aryl methyl sites for hydroxylation is 2. The molecular weight excluding hydrogens is 262 g/mol. The molecule has 0 atom stereocenters. The molecule has 0 aliphatic carbocycles. The van der Waals surface area contributed by atoms with Gasteiger partial charge >= 0.3 is 0 Å². The van der Waals surface area contributed by atoms with Crippen molar-refractivity contribution in [2.75, 3.05) is 4.72 Å². The largest absolute Gasteiger partial charge is 0.334 e. The molecule has 2 aromatic rings. The summed E-state index contributed by atoms with van der Waals surface area (Å²) in [6.07, 6.45) is 2.51. The fourth-order valence-electron chi connectivity index (χ4n) is 1.79. The van der Waals surface area contributed by atoms with E-state index in [1.165, 1.54) is 0 Å². The third kappa shape index (κ3) is 3.14. The van der Waals surface area contributed by atoms with Gasteiger partial charge < -0.3 is 4.57 Å². The zero-order valence-corrected chi connectivity index (χ0v) is 11.8. The van der Waals surface area contributed by atoms with Gasteiger partial charge in [0.15, 0.2) is 5.03 Å². The zero-order chi connectivity index (χ0) is 13.9. The maximum atomic E-state index is 12.2. The molecule has 0 aliphatic heterocycles. The molecule has 6 heteroatoms. The van der Waals surface area contributed by atoms with E-state index in [1.807, 2.05) is 17.6 Å². The van der Waals surface area contributed by atoms with Crippen molar-refractivity contribution in [3.05, 3.63) is 42.4 Å². The van der Waals surface area contributed by atoms with Crippen LogP contribution in [0.1, 0.15) is 19.2 Å². The van der Waals surface area contributed by atoms with E-state index in [4.69, 9.17) is 0 Å². The summed E-state index contributed by atoms with van der Waals surface area (Å²) < 4.78 is 28.7. The van der Waals surface area contributed by atoms with Gasteiger partial charge in [0, 0.05) is 18.4 Å². The van der Waals surface area contributed by atoms with Crippen molar-refractivity contribution in [1.29, 1.82) is 0 Å². The van der Waals surface area contributed by atoms with E-state index in [1.54, 1.807) is 37.4 Å². The summed E-state index contributed by atoms with van der Waals surface area (Å²) >= 11 is 0. The van der Waals surface area contributed by atoms with Crippen LogP contribution >= 0.6 is 0 Å². The predicted octanol–water partition coefficient (Wildman–Crippen LogP) is 2.40. The highest BCUT2D eigenvalue weighted by Gasteiger charge is 2.18. The zero-order valence-electron chi connectivity index (χ0n) is 11.0. The van der Waals surface area contributed by atoms with Crippen LogP contribution in [0.3, 0.4) is 0 Å². The molecule has 1 aromatic carbocycles. The van der Waals surface area contributed by atoms with E-state index in [-0.39, 0.29) is 5.03 Å². The van der Waals surface area contributed by atoms with Crippen molar-refractivity contribution in [3.63, 3.8) is 0 Å². The summed E-state index contributed by atoms with van der Waals surface area (Å²) in [5.41, 5.74) is 0.533.